The molecule has 0 bridgehead atoms. The summed E-state index contributed by atoms with van der Waals surface area (Å²) in [6.07, 6.45) is 0.499. The number of amides is 1. The van der Waals surface area contributed by atoms with Crippen LogP contribution < -0.4 is 5.32 Å². The van der Waals surface area contributed by atoms with Crippen molar-refractivity contribution in [1.82, 2.24) is 9.78 Å². The fraction of sp³-hybridized carbons (Fsp3) is 0.600. The Bertz CT molecular complexity index is 415. The van der Waals surface area contributed by atoms with Gasteiger partial charge in [0, 0.05) is 12.3 Å². The van der Waals surface area contributed by atoms with E-state index in [4.69, 9.17) is 14.6 Å². The Labute approximate surface area is 98.3 Å². The molecule has 1 aliphatic rings. The summed E-state index contributed by atoms with van der Waals surface area (Å²) < 4.78 is 12.7. The van der Waals surface area contributed by atoms with Gasteiger partial charge < -0.3 is 14.6 Å². The Hall–Kier alpha value is -1.60. The molecule has 2 heterocycles. The van der Waals surface area contributed by atoms with Gasteiger partial charge in [0.2, 0.25) is 0 Å². The molecule has 0 aromatic carbocycles. The maximum atomic E-state index is 10.4. The van der Waals surface area contributed by atoms with Crippen molar-refractivity contribution in [2.75, 3.05) is 11.9 Å². The number of ether oxygens (including phenoxy) is 2. The average molecular weight is 241 g/mol. The monoisotopic (exact) mass is 241 g/mol. The van der Waals surface area contributed by atoms with Crippen molar-refractivity contribution < 1.29 is 19.4 Å². The van der Waals surface area contributed by atoms with Gasteiger partial charge in [-0.25, -0.2) is 4.79 Å². The van der Waals surface area contributed by atoms with Gasteiger partial charge in [-0.15, -0.1) is 0 Å². The summed E-state index contributed by atoms with van der Waals surface area (Å²) in [6, 6.07) is 1.59. The normalized spacial score (nSPS) is 22.6. The molecular formula is C10H15N3O4. The number of carboxylic acid groups (broad SMARTS) is 1. The molecule has 7 nitrogen and oxygen atoms in total. The third-order valence-corrected chi connectivity index (χ3v) is 2.33. The number of nitrogens with zero attached hydrogens (tertiary/aromatic N) is 2. The van der Waals surface area contributed by atoms with Crippen LogP contribution in [0.1, 0.15) is 13.8 Å². The van der Waals surface area contributed by atoms with E-state index in [0.717, 1.165) is 0 Å². The van der Waals surface area contributed by atoms with Crippen LogP contribution in [-0.2, 0) is 16.0 Å². The summed E-state index contributed by atoms with van der Waals surface area (Å²) in [4.78, 5) is 10.4. The van der Waals surface area contributed by atoms with Crippen molar-refractivity contribution in [3.05, 3.63) is 12.3 Å². The molecule has 1 aromatic rings. The first-order valence-electron chi connectivity index (χ1n) is 5.30. The SMILES string of the molecule is CC1(C)OC[C@@H](Cn2ccc(NC(=O)O)n2)O1. The molecule has 1 aromatic heterocycles. The Kier molecular flexibility index (Phi) is 3.03. The van der Waals surface area contributed by atoms with Gasteiger partial charge in [-0.05, 0) is 13.8 Å². The lowest BCUT2D eigenvalue weighted by Gasteiger charge is -2.16. The van der Waals surface area contributed by atoms with E-state index in [2.05, 4.69) is 10.4 Å². The number of hydrogen-bond donors (Lipinski definition) is 2. The fourth-order valence-electron chi connectivity index (χ4n) is 1.70. The van der Waals surface area contributed by atoms with E-state index in [1.807, 2.05) is 13.8 Å². The van der Waals surface area contributed by atoms with Crippen LogP contribution in [0.5, 0.6) is 0 Å². The summed E-state index contributed by atoms with van der Waals surface area (Å²) in [5, 5.41) is 14.8. The summed E-state index contributed by atoms with van der Waals surface area (Å²) in [5.41, 5.74) is 0. The highest BCUT2D eigenvalue weighted by Crippen LogP contribution is 2.23. The van der Waals surface area contributed by atoms with Crippen molar-refractivity contribution in [3.8, 4) is 0 Å². The topological polar surface area (TPSA) is 85.6 Å². The van der Waals surface area contributed by atoms with Crippen molar-refractivity contribution >= 4 is 11.9 Å². The van der Waals surface area contributed by atoms with Crippen molar-refractivity contribution in [2.24, 2.45) is 0 Å². The van der Waals surface area contributed by atoms with Crippen molar-refractivity contribution in [2.45, 2.75) is 32.3 Å². The molecule has 2 rings (SSSR count). The Morgan fingerprint density at radius 3 is 3.12 bits per heavy atom. The molecule has 2 N–H and O–H groups in total. The Morgan fingerprint density at radius 1 is 1.76 bits per heavy atom. The Balaban J connectivity index is 1.91. The molecule has 0 aliphatic carbocycles. The fourth-order valence-corrected chi connectivity index (χ4v) is 1.70. The van der Waals surface area contributed by atoms with Crippen LogP contribution >= 0.6 is 0 Å². The summed E-state index contributed by atoms with van der Waals surface area (Å²) in [7, 11) is 0. The summed E-state index contributed by atoms with van der Waals surface area (Å²) in [5.74, 6) is -0.254. The zero-order valence-corrected chi connectivity index (χ0v) is 9.71. The third-order valence-electron chi connectivity index (χ3n) is 2.33. The van der Waals surface area contributed by atoms with Crippen LogP contribution in [-0.4, -0.2) is 39.5 Å². The van der Waals surface area contributed by atoms with Gasteiger partial charge in [-0.3, -0.25) is 10.00 Å². The molecule has 7 heteroatoms. The minimum absolute atomic E-state index is 0.0671. The lowest BCUT2D eigenvalue weighted by molar-refractivity contribution is -0.139. The van der Waals surface area contributed by atoms with E-state index in [0.29, 0.717) is 19.0 Å². The molecular weight excluding hydrogens is 226 g/mol. The van der Waals surface area contributed by atoms with E-state index in [-0.39, 0.29) is 6.10 Å². The number of anilines is 1. The van der Waals surface area contributed by atoms with E-state index in [1.54, 1.807) is 16.9 Å². The predicted octanol–water partition coefficient (Wildman–Crippen LogP) is 1.12. The van der Waals surface area contributed by atoms with Gasteiger partial charge in [-0.2, -0.15) is 5.10 Å². The number of aromatic nitrogens is 2. The van der Waals surface area contributed by atoms with E-state index in [1.165, 1.54) is 0 Å². The number of hydrogen-bond acceptors (Lipinski definition) is 4. The van der Waals surface area contributed by atoms with Gasteiger partial charge >= 0.3 is 6.09 Å². The highest BCUT2D eigenvalue weighted by molar-refractivity contribution is 5.81. The first-order chi connectivity index (χ1) is 7.94. The molecule has 1 fully saturated rings. The zero-order valence-electron chi connectivity index (χ0n) is 9.71. The summed E-state index contributed by atoms with van der Waals surface area (Å²) in [6.45, 7) is 4.75. The van der Waals surface area contributed by atoms with Crippen molar-refractivity contribution in [1.29, 1.82) is 0 Å². The molecule has 94 valence electrons. The highest BCUT2D eigenvalue weighted by Gasteiger charge is 2.32. The molecule has 0 radical (unpaired) electrons. The molecule has 1 amide bonds. The largest absolute Gasteiger partial charge is 0.465 e. The van der Waals surface area contributed by atoms with Gasteiger partial charge in [0.05, 0.1) is 13.2 Å². The number of carbonyl (C=O) groups is 1. The van der Waals surface area contributed by atoms with Gasteiger partial charge in [0.15, 0.2) is 11.6 Å². The molecule has 17 heavy (non-hydrogen) atoms. The second-order valence-corrected chi connectivity index (χ2v) is 4.30. The first kappa shape index (κ1) is 11.9. The first-order valence-corrected chi connectivity index (χ1v) is 5.30. The van der Waals surface area contributed by atoms with Crippen LogP contribution in [0, 0.1) is 0 Å². The third kappa shape index (κ3) is 3.18. The van der Waals surface area contributed by atoms with Crippen LogP contribution in [0.25, 0.3) is 0 Å². The maximum absolute atomic E-state index is 10.4. The van der Waals surface area contributed by atoms with Gasteiger partial charge in [0.25, 0.3) is 0 Å². The molecule has 1 atom stereocenters. The molecule has 0 spiro atoms. The minimum atomic E-state index is -1.13. The van der Waals surface area contributed by atoms with Crippen molar-refractivity contribution in [3.63, 3.8) is 0 Å². The summed E-state index contributed by atoms with van der Waals surface area (Å²) >= 11 is 0. The second kappa shape index (κ2) is 4.34. The van der Waals surface area contributed by atoms with E-state index < -0.39 is 11.9 Å². The molecule has 1 saturated heterocycles. The maximum Gasteiger partial charge on any atom is 0.410 e. The van der Waals surface area contributed by atoms with Crippen LogP contribution in [0.4, 0.5) is 10.6 Å². The lowest BCUT2D eigenvalue weighted by atomic mass is 10.4. The number of rotatable bonds is 3. The lowest BCUT2D eigenvalue weighted by Crippen LogP contribution is -2.24. The predicted molar refractivity (Wildman–Crippen MR) is 58.8 cm³/mol. The van der Waals surface area contributed by atoms with Crippen LogP contribution in [0.2, 0.25) is 0 Å². The second-order valence-electron chi connectivity index (χ2n) is 4.30. The average Bonchev–Trinajstić information content (AvgIpc) is 2.73. The minimum Gasteiger partial charge on any atom is -0.465 e. The molecule has 1 aliphatic heterocycles. The van der Waals surface area contributed by atoms with E-state index in [9.17, 15) is 4.79 Å². The van der Waals surface area contributed by atoms with Gasteiger partial charge in [-0.1, -0.05) is 0 Å². The highest BCUT2D eigenvalue weighted by atomic mass is 16.7. The zero-order chi connectivity index (χ0) is 12.5. The van der Waals surface area contributed by atoms with Gasteiger partial charge in [0.1, 0.15) is 6.10 Å². The molecule has 0 saturated carbocycles. The standard InChI is InChI=1S/C10H15N3O4/c1-10(2)16-6-7(17-10)5-13-4-3-8(12-13)11-9(14)15/h3-4,7H,5-6H2,1-2H3,(H,11,12)(H,14,15)/t7-/m1/s1. The Morgan fingerprint density at radius 2 is 2.53 bits per heavy atom. The number of nitrogens with one attached hydrogen (secondary N) is 1. The van der Waals surface area contributed by atoms with Crippen LogP contribution in [0.15, 0.2) is 12.3 Å². The van der Waals surface area contributed by atoms with Crippen LogP contribution in [0.3, 0.4) is 0 Å². The smallest absolute Gasteiger partial charge is 0.410 e. The quantitative estimate of drug-likeness (QED) is 0.828. The van der Waals surface area contributed by atoms with E-state index >= 15 is 0 Å². The molecule has 0 unspecified atom stereocenters.